The number of anilines is 1. The molecule has 0 saturated heterocycles. The van der Waals surface area contributed by atoms with Crippen LogP contribution in [0.3, 0.4) is 0 Å². The van der Waals surface area contributed by atoms with Crippen molar-refractivity contribution in [3.63, 3.8) is 0 Å². The lowest BCUT2D eigenvalue weighted by Gasteiger charge is -2.04. The number of rotatable bonds is 2. The van der Waals surface area contributed by atoms with Crippen LogP contribution in [0.5, 0.6) is 0 Å². The molecule has 0 radical (unpaired) electrons. The molecular formula is C10H10N2S. The summed E-state index contributed by atoms with van der Waals surface area (Å²) in [5.74, 6) is 0. The van der Waals surface area contributed by atoms with Gasteiger partial charge in [0.05, 0.1) is 17.5 Å². The molecule has 1 rings (SSSR count). The molecule has 13 heavy (non-hydrogen) atoms. The second-order valence-electron chi connectivity index (χ2n) is 2.75. The summed E-state index contributed by atoms with van der Waals surface area (Å²) >= 11 is 4.93. The second-order valence-corrected chi connectivity index (χ2v) is 3.24. The van der Waals surface area contributed by atoms with Gasteiger partial charge in [0.2, 0.25) is 0 Å². The van der Waals surface area contributed by atoms with E-state index in [1.807, 2.05) is 37.3 Å². The third-order valence-electron chi connectivity index (χ3n) is 1.57. The quantitative estimate of drug-likeness (QED) is 0.728. The van der Waals surface area contributed by atoms with Crippen LogP contribution in [0.2, 0.25) is 0 Å². The van der Waals surface area contributed by atoms with Gasteiger partial charge in [0, 0.05) is 5.69 Å². The fraction of sp³-hybridized carbons (Fsp3) is 0.200. The third kappa shape index (κ3) is 3.22. The standard InChI is InChI=1S/C10H10N2S/c1-8-2-4-9(5-3-8)12-10(13)6-7-11/h2-5H,6H2,1H3,(H,12,13). The van der Waals surface area contributed by atoms with Crippen molar-refractivity contribution in [2.45, 2.75) is 13.3 Å². The Labute approximate surface area is 83.2 Å². The van der Waals surface area contributed by atoms with Gasteiger partial charge in [0.15, 0.2) is 0 Å². The molecule has 0 aliphatic carbocycles. The summed E-state index contributed by atoms with van der Waals surface area (Å²) in [7, 11) is 0. The number of hydrogen-bond donors (Lipinski definition) is 1. The summed E-state index contributed by atoms with van der Waals surface area (Å²) in [5, 5.41) is 11.4. The molecule has 0 aliphatic rings. The van der Waals surface area contributed by atoms with Gasteiger partial charge in [-0.25, -0.2) is 0 Å². The van der Waals surface area contributed by atoms with Crippen LogP contribution < -0.4 is 5.32 Å². The monoisotopic (exact) mass is 190 g/mol. The molecular weight excluding hydrogens is 180 g/mol. The van der Waals surface area contributed by atoms with Crippen molar-refractivity contribution >= 4 is 22.9 Å². The van der Waals surface area contributed by atoms with E-state index in [-0.39, 0.29) is 6.42 Å². The average molecular weight is 190 g/mol. The first-order chi connectivity index (χ1) is 6.22. The predicted octanol–water partition coefficient (Wildman–Crippen LogP) is 2.65. The van der Waals surface area contributed by atoms with Gasteiger partial charge in [-0.05, 0) is 19.1 Å². The van der Waals surface area contributed by atoms with E-state index in [2.05, 4.69) is 5.32 Å². The topological polar surface area (TPSA) is 35.8 Å². The van der Waals surface area contributed by atoms with Crippen molar-refractivity contribution in [1.29, 1.82) is 5.26 Å². The van der Waals surface area contributed by atoms with Crippen molar-refractivity contribution in [3.8, 4) is 6.07 Å². The summed E-state index contributed by atoms with van der Waals surface area (Å²) < 4.78 is 0. The minimum Gasteiger partial charge on any atom is -0.349 e. The van der Waals surface area contributed by atoms with Crippen molar-refractivity contribution in [3.05, 3.63) is 29.8 Å². The first-order valence-corrected chi connectivity index (χ1v) is 4.36. The highest BCUT2D eigenvalue weighted by Crippen LogP contribution is 2.08. The molecule has 0 unspecified atom stereocenters. The van der Waals surface area contributed by atoms with E-state index in [0.717, 1.165) is 5.69 Å². The van der Waals surface area contributed by atoms with E-state index in [4.69, 9.17) is 17.5 Å². The Bertz CT molecular complexity index is 335. The van der Waals surface area contributed by atoms with E-state index in [1.165, 1.54) is 5.56 Å². The lowest BCUT2D eigenvalue weighted by atomic mass is 10.2. The predicted molar refractivity (Wildman–Crippen MR) is 57.6 cm³/mol. The zero-order valence-corrected chi connectivity index (χ0v) is 8.19. The molecule has 0 amide bonds. The summed E-state index contributed by atoms with van der Waals surface area (Å²) in [6, 6.07) is 9.88. The Kier molecular flexibility index (Phi) is 3.41. The van der Waals surface area contributed by atoms with E-state index in [0.29, 0.717) is 4.99 Å². The molecule has 0 heterocycles. The lowest BCUT2D eigenvalue weighted by molar-refractivity contribution is 1.40. The van der Waals surface area contributed by atoms with Gasteiger partial charge in [-0.3, -0.25) is 0 Å². The van der Waals surface area contributed by atoms with Crippen molar-refractivity contribution in [1.82, 2.24) is 0 Å². The molecule has 3 heteroatoms. The van der Waals surface area contributed by atoms with Gasteiger partial charge in [-0.15, -0.1) is 0 Å². The largest absolute Gasteiger partial charge is 0.349 e. The zero-order valence-electron chi connectivity index (χ0n) is 7.37. The molecule has 0 spiro atoms. The van der Waals surface area contributed by atoms with Crippen molar-refractivity contribution < 1.29 is 0 Å². The molecule has 1 aromatic carbocycles. The van der Waals surface area contributed by atoms with Gasteiger partial charge < -0.3 is 5.32 Å². The van der Waals surface area contributed by atoms with E-state index in [9.17, 15) is 0 Å². The Morgan fingerprint density at radius 3 is 2.62 bits per heavy atom. The first-order valence-electron chi connectivity index (χ1n) is 3.96. The van der Waals surface area contributed by atoms with Crippen LogP contribution in [0.4, 0.5) is 5.69 Å². The maximum atomic E-state index is 8.38. The fourth-order valence-electron chi connectivity index (χ4n) is 0.914. The summed E-state index contributed by atoms with van der Waals surface area (Å²) in [4.78, 5) is 0.561. The average Bonchev–Trinajstić information content (AvgIpc) is 2.09. The normalized spacial score (nSPS) is 8.92. The van der Waals surface area contributed by atoms with Crippen LogP contribution in [0, 0.1) is 18.3 Å². The van der Waals surface area contributed by atoms with Crippen LogP contribution in [0.1, 0.15) is 12.0 Å². The van der Waals surface area contributed by atoms with Crippen LogP contribution >= 0.6 is 12.2 Å². The third-order valence-corrected chi connectivity index (χ3v) is 1.82. The second kappa shape index (κ2) is 4.58. The summed E-state index contributed by atoms with van der Waals surface area (Å²) in [6.07, 6.45) is 0.267. The smallest absolute Gasteiger partial charge is 0.0939 e. The highest BCUT2D eigenvalue weighted by atomic mass is 32.1. The molecule has 0 aromatic heterocycles. The Balaban J connectivity index is 2.60. The van der Waals surface area contributed by atoms with Crippen LogP contribution in [-0.4, -0.2) is 4.99 Å². The van der Waals surface area contributed by atoms with Gasteiger partial charge in [0.25, 0.3) is 0 Å². The maximum Gasteiger partial charge on any atom is 0.0939 e. The van der Waals surface area contributed by atoms with Gasteiger partial charge in [0.1, 0.15) is 0 Å². The highest BCUT2D eigenvalue weighted by Gasteiger charge is 1.95. The van der Waals surface area contributed by atoms with Crippen LogP contribution in [-0.2, 0) is 0 Å². The Hall–Kier alpha value is -1.40. The van der Waals surface area contributed by atoms with Crippen molar-refractivity contribution in [2.24, 2.45) is 0 Å². The van der Waals surface area contributed by atoms with Crippen molar-refractivity contribution in [2.75, 3.05) is 5.32 Å². The highest BCUT2D eigenvalue weighted by molar-refractivity contribution is 7.80. The number of nitrogens with zero attached hydrogens (tertiary/aromatic N) is 1. The minimum atomic E-state index is 0.267. The molecule has 0 saturated carbocycles. The van der Waals surface area contributed by atoms with Gasteiger partial charge >= 0.3 is 0 Å². The molecule has 2 nitrogen and oxygen atoms in total. The SMILES string of the molecule is Cc1ccc(NC(=S)CC#N)cc1. The van der Waals surface area contributed by atoms with E-state index >= 15 is 0 Å². The van der Waals surface area contributed by atoms with Crippen LogP contribution in [0.15, 0.2) is 24.3 Å². The lowest BCUT2D eigenvalue weighted by Crippen LogP contribution is -2.07. The molecule has 0 aliphatic heterocycles. The molecule has 0 atom stereocenters. The maximum absolute atomic E-state index is 8.38. The van der Waals surface area contributed by atoms with E-state index in [1.54, 1.807) is 0 Å². The number of nitrogens with one attached hydrogen (secondary N) is 1. The Morgan fingerprint density at radius 1 is 1.46 bits per heavy atom. The molecule has 1 aromatic rings. The summed E-state index contributed by atoms with van der Waals surface area (Å²) in [5.41, 5.74) is 2.14. The molecule has 0 bridgehead atoms. The minimum absolute atomic E-state index is 0.267. The number of nitriles is 1. The fourth-order valence-corrected chi connectivity index (χ4v) is 1.10. The van der Waals surface area contributed by atoms with E-state index < -0.39 is 0 Å². The summed E-state index contributed by atoms with van der Waals surface area (Å²) in [6.45, 7) is 2.03. The number of thiocarbonyl (C=S) groups is 1. The number of aryl methyl sites for hydroxylation is 1. The number of hydrogen-bond acceptors (Lipinski definition) is 2. The van der Waals surface area contributed by atoms with Gasteiger partial charge in [-0.2, -0.15) is 5.26 Å². The van der Waals surface area contributed by atoms with Crippen LogP contribution in [0.25, 0.3) is 0 Å². The molecule has 1 N–H and O–H groups in total. The number of benzene rings is 1. The molecule has 66 valence electrons. The zero-order chi connectivity index (χ0) is 9.68. The Morgan fingerprint density at radius 2 is 2.08 bits per heavy atom. The first kappa shape index (κ1) is 9.69. The molecule has 0 fully saturated rings. The van der Waals surface area contributed by atoms with Gasteiger partial charge in [-0.1, -0.05) is 29.9 Å².